The second-order valence-electron chi connectivity index (χ2n) is 6.59. The van der Waals surface area contributed by atoms with E-state index < -0.39 is 72.9 Å². The molecule has 0 radical (unpaired) electrons. The van der Waals surface area contributed by atoms with E-state index in [1.165, 1.54) is 0 Å². The molecule has 12 heteroatoms. The molecule has 0 spiro atoms. The van der Waals surface area contributed by atoms with E-state index in [0.29, 0.717) is 0 Å². The molecule has 2 rings (SSSR count). The Labute approximate surface area is 148 Å². The van der Waals surface area contributed by atoms with Crippen LogP contribution in [0.1, 0.15) is 13.3 Å². The number of nitrogens with two attached hydrogens (primary N) is 1. The van der Waals surface area contributed by atoms with Crippen molar-refractivity contribution < 1.29 is 44.9 Å². The van der Waals surface area contributed by atoms with E-state index >= 15 is 0 Å². The van der Waals surface area contributed by atoms with Gasteiger partial charge in [0.05, 0.1) is 18.2 Å². The Balaban J connectivity index is 2.02. The fourth-order valence-corrected chi connectivity index (χ4v) is 3.07. The van der Waals surface area contributed by atoms with E-state index in [1.54, 1.807) is 6.92 Å². The number of nitrogens with one attached hydrogen (secondary N) is 2. The lowest BCUT2D eigenvalue weighted by Gasteiger charge is -2.45. The summed E-state index contributed by atoms with van der Waals surface area (Å²) in [5.74, 6) is -2.14. The predicted molar refractivity (Wildman–Crippen MR) is 84.1 cm³/mol. The van der Waals surface area contributed by atoms with Gasteiger partial charge in [-0.05, 0) is 13.3 Å². The van der Waals surface area contributed by atoms with Crippen LogP contribution < -0.4 is 11.1 Å². The molecule has 10 atom stereocenters. The standard InChI is InChI=1S/C14H25N3O9/c1-3-5(17-12(16)13(23)24)2-4(15)14(25-3)26-11-9(21)7(19)6(18)8(20)10(11)22/h3-11,14,18-22H,2,15H2,1H3,(H2,16,17)(H,23,24)/t3?,4-,5+,6?,7-,8?,9-,10?,11-,14?/m0/s1. The lowest BCUT2D eigenvalue weighted by Crippen LogP contribution is -2.66. The van der Waals surface area contributed by atoms with E-state index in [1.807, 2.05) is 0 Å². The van der Waals surface area contributed by atoms with Crippen LogP contribution in [-0.2, 0) is 14.3 Å². The first-order valence-electron chi connectivity index (χ1n) is 8.09. The van der Waals surface area contributed by atoms with Crippen LogP contribution in [0.4, 0.5) is 0 Å². The van der Waals surface area contributed by atoms with E-state index in [9.17, 15) is 30.3 Å². The zero-order valence-electron chi connectivity index (χ0n) is 14.0. The van der Waals surface area contributed by atoms with Gasteiger partial charge in [0.15, 0.2) is 6.29 Å². The maximum absolute atomic E-state index is 10.7. The number of hydrogen-bond donors (Lipinski definition) is 9. The summed E-state index contributed by atoms with van der Waals surface area (Å²) in [5.41, 5.74) is 5.94. The monoisotopic (exact) mass is 379 g/mol. The van der Waals surface area contributed by atoms with Crippen LogP contribution in [0.25, 0.3) is 0 Å². The molecule has 12 nitrogen and oxygen atoms in total. The van der Waals surface area contributed by atoms with Crippen LogP contribution in [0.2, 0.25) is 0 Å². The van der Waals surface area contributed by atoms with Crippen LogP contribution >= 0.6 is 0 Å². The van der Waals surface area contributed by atoms with Gasteiger partial charge in [-0.1, -0.05) is 0 Å². The maximum Gasteiger partial charge on any atom is 0.370 e. The second kappa shape index (κ2) is 8.10. The first-order chi connectivity index (χ1) is 12.0. The average Bonchev–Trinajstić information content (AvgIpc) is 2.58. The first kappa shape index (κ1) is 20.9. The fraction of sp³-hybridized carbons (Fsp3) is 0.857. The minimum Gasteiger partial charge on any atom is -0.475 e. The number of rotatable bonds is 3. The van der Waals surface area contributed by atoms with Crippen molar-refractivity contribution in [3.05, 3.63) is 0 Å². The van der Waals surface area contributed by atoms with Gasteiger partial charge in [0.25, 0.3) is 0 Å². The average molecular weight is 379 g/mol. The Morgan fingerprint density at radius 1 is 1.12 bits per heavy atom. The highest BCUT2D eigenvalue weighted by atomic mass is 16.7. The third-order valence-electron chi connectivity index (χ3n) is 4.70. The van der Waals surface area contributed by atoms with Crippen molar-refractivity contribution in [2.24, 2.45) is 5.73 Å². The number of ether oxygens (including phenoxy) is 2. The highest BCUT2D eigenvalue weighted by Gasteiger charge is 2.50. The molecule has 1 aliphatic carbocycles. The van der Waals surface area contributed by atoms with Crippen molar-refractivity contribution in [2.45, 2.75) is 74.4 Å². The molecular formula is C14H25N3O9. The molecule has 10 N–H and O–H groups in total. The fourth-order valence-electron chi connectivity index (χ4n) is 3.07. The van der Waals surface area contributed by atoms with Gasteiger partial charge < -0.3 is 51.2 Å². The largest absolute Gasteiger partial charge is 0.475 e. The third kappa shape index (κ3) is 4.13. The summed E-state index contributed by atoms with van der Waals surface area (Å²) in [4.78, 5) is 10.7. The molecule has 1 heterocycles. The van der Waals surface area contributed by atoms with Crippen LogP contribution in [-0.4, -0.2) is 104 Å². The zero-order valence-corrected chi connectivity index (χ0v) is 14.0. The van der Waals surface area contributed by atoms with Crippen molar-refractivity contribution in [3.8, 4) is 0 Å². The third-order valence-corrected chi connectivity index (χ3v) is 4.70. The van der Waals surface area contributed by atoms with E-state index in [-0.39, 0.29) is 6.42 Å². The highest BCUT2D eigenvalue weighted by molar-refractivity contribution is 6.33. The molecule has 0 aromatic rings. The summed E-state index contributed by atoms with van der Waals surface area (Å²) in [7, 11) is 0. The van der Waals surface area contributed by atoms with Gasteiger partial charge in [-0.25, -0.2) is 4.79 Å². The van der Waals surface area contributed by atoms with Crippen LogP contribution in [0.15, 0.2) is 0 Å². The Hall–Kier alpha value is -1.38. The smallest absolute Gasteiger partial charge is 0.370 e. The lowest BCUT2D eigenvalue weighted by molar-refractivity contribution is -0.293. The van der Waals surface area contributed by atoms with Gasteiger partial charge in [0, 0.05) is 0 Å². The van der Waals surface area contributed by atoms with Gasteiger partial charge in [0.2, 0.25) is 5.84 Å². The van der Waals surface area contributed by atoms with Crippen LogP contribution in [0.3, 0.4) is 0 Å². The molecule has 0 amide bonds. The van der Waals surface area contributed by atoms with E-state index in [4.69, 9.17) is 25.7 Å². The number of aliphatic hydroxyl groups is 5. The number of aliphatic hydroxyl groups excluding tert-OH is 5. The molecule has 2 fully saturated rings. The minimum atomic E-state index is -1.74. The molecule has 0 bridgehead atoms. The molecule has 2 aliphatic rings. The molecule has 0 aromatic carbocycles. The Bertz CT molecular complexity index is 520. The molecule has 1 aliphatic heterocycles. The predicted octanol–water partition coefficient (Wildman–Crippen LogP) is -4.33. The van der Waals surface area contributed by atoms with Crippen LogP contribution in [0, 0.1) is 5.41 Å². The molecule has 150 valence electrons. The normalized spacial score (nSPS) is 46.6. The first-order valence-corrected chi connectivity index (χ1v) is 8.09. The Kier molecular flexibility index (Phi) is 6.52. The van der Waals surface area contributed by atoms with Gasteiger partial charge in [-0.2, -0.15) is 0 Å². The molecular weight excluding hydrogens is 354 g/mol. The maximum atomic E-state index is 10.7. The number of hydrogen-bond acceptors (Lipinski definition) is 10. The van der Waals surface area contributed by atoms with Crippen molar-refractivity contribution in [3.63, 3.8) is 0 Å². The quantitative estimate of drug-likeness (QED) is 0.168. The van der Waals surface area contributed by atoms with E-state index in [2.05, 4.69) is 5.32 Å². The van der Waals surface area contributed by atoms with Gasteiger partial charge >= 0.3 is 5.97 Å². The molecule has 26 heavy (non-hydrogen) atoms. The Morgan fingerprint density at radius 3 is 2.12 bits per heavy atom. The van der Waals surface area contributed by atoms with Gasteiger partial charge in [-0.3, -0.25) is 5.41 Å². The number of carbonyl (C=O) groups is 1. The lowest BCUT2D eigenvalue weighted by atomic mass is 9.84. The number of carboxylic acids is 1. The summed E-state index contributed by atoms with van der Waals surface area (Å²) in [6.45, 7) is 1.59. The topological polar surface area (TPSA) is 219 Å². The second-order valence-corrected chi connectivity index (χ2v) is 6.59. The van der Waals surface area contributed by atoms with E-state index in [0.717, 1.165) is 0 Å². The van der Waals surface area contributed by atoms with Crippen molar-refractivity contribution in [2.75, 3.05) is 0 Å². The van der Waals surface area contributed by atoms with Crippen LogP contribution in [0.5, 0.6) is 0 Å². The zero-order chi connectivity index (χ0) is 19.8. The highest BCUT2D eigenvalue weighted by Crippen LogP contribution is 2.28. The number of aliphatic carboxylic acids is 1. The summed E-state index contributed by atoms with van der Waals surface area (Å²) >= 11 is 0. The Morgan fingerprint density at radius 2 is 1.62 bits per heavy atom. The summed E-state index contributed by atoms with van der Waals surface area (Å²) < 4.78 is 11.0. The molecule has 5 unspecified atom stereocenters. The number of amidine groups is 1. The molecule has 0 aromatic heterocycles. The van der Waals surface area contributed by atoms with Crippen molar-refractivity contribution in [1.29, 1.82) is 5.41 Å². The summed E-state index contributed by atoms with van der Waals surface area (Å²) in [6, 6.07) is -1.39. The van der Waals surface area contributed by atoms with Gasteiger partial charge in [-0.15, -0.1) is 0 Å². The van der Waals surface area contributed by atoms with Crippen molar-refractivity contribution >= 4 is 11.8 Å². The summed E-state index contributed by atoms with van der Waals surface area (Å²) in [5, 5.41) is 67.6. The molecule has 1 saturated carbocycles. The molecule has 1 saturated heterocycles. The minimum absolute atomic E-state index is 0.161. The SMILES string of the molecule is CC1OC(O[C@@H]2C(O)C(O)C(O)[C@H](O)[C@@H]2O)[C@@H](N)C[C@H]1NC(=N)C(=O)O. The van der Waals surface area contributed by atoms with Gasteiger partial charge in [0.1, 0.15) is 36.6 Å². The van der Waals surface area contributed by atoms with Crippen molar-refractivity contribution in [1.82, 2.24) is 5.32 Å². The summed E-state index contributed by atoms with van der Waals surface area (Å²) in [6.07, 6.45) is -11.7. The number of carboxylic acid groups (broad SMARTS) is 1.